The maximum atomic E-state index is 11.6. The van der Waals surface area contributed by atoms with Gasteiger partial charge in [0.2, 0.25) is 5.76 Å². The number of carbonyl (C=O) groups excluding carboxylic acids is 5. The number of ether oxygens (including phenoxy) is 5. The second-order valence-corrected chi connectivity index (χ2v) is 5.22. The van der Waals surface area contributed by atoms with Crippen LogP contribution < -0.4 is 9.47 Å². The molecule has 0 saturated carbocycles. The largest absolute Gasteiger partial charge is 0.423 e. The lowest BCUT2D eigenvalue weighted by Gasteiger charge is -2.17. The van der Waals surface area contributed by atoms with Gasteiger partial charge in [0.25, 0.3) is 0 Å². The minimum atomic E-state index is -0.883. The average molecular weight is 394 g/mol. The lowest BCUT2D eigenvalue weighted by atomic mass is 10.1. The Morgan fingerprint density at radius 3 is 1.57 bits per heavy atom. The van der Waals surface area contributed by atoms with Gasteiger partial charge in [-0.05, 0) is 12.1 Å². The molecule has 0 heterocycles. The van der Waals surface area contributed by atoms with Gasteiger partial charge < -0.3 is 23.7 Å². The van der Waals surface area contributed by atoms with Crippen LogP contribution in [0.15, 0.2) is 24.1 Å². The van der Waals surface area contributed by atoms with Gasteiger partial charge >= 0.3 is 35.8 Å². The molecule has 0 radical (unpaired) electrons. The van der Waals surface area contributed by atoms with E-state index >= 15 is 0 Å². The molecule has 0 unspecified atom stereocenters. The van der Waals surface area contributed by atoms with Crippen LogP contribution in [-0.4, -0.2) is 29.8 Å². The van der Waals surface area contributed by atoms with E-state index in [9.17, 15) is 24.0 Å². The molecule has 0 saturated heterocycles. The number of rotatable bonds is 6. The average Bonchev–Trinajstić information content (AvgIpc) is 2.52. The number of hydrogen-bond donors (Lipinski definition) is 0. The third-order valence-corrected chi connectivity index (χ3v) is 2.63. The monoisotopic (exact) mass is 394 g/mol. The Hall–Kier alpha value is -3.69. The molecule has 1 rings (SSSR count). The first kappa shape index (κ1) is 22.4. The summed E-state index contributed by atoms with van der Waals surface area (Å²) in [4.78, 5) is 57.2. The fraction of sp³-hybridized carbons (Fsp3) is 0.278. The normalized spacial score (nSPS) is 9.61. The molecule has 0 aromatic heterocycles. The second-order valence-electron chi connectivity index (χ2n) is 5.22. The van der Waals surface area contributed by atoms with Crippen molar-refractivity contribution in [3.63, 3.8) is 0 Å². The van der Waals surface area contributed by atoms with Crippen molar-refractivity contribution in [1.82, 2.24) is 0 Å². The van der Waals surface area contributed by atoms with Crippen LogP contribution in [0.5, 0.6) is 11.5 Å². The smallest absolute Gasteiger partial charge is 0.340 e. The number of para-hydroxylation sites is 1. The predicted molar refractivity (Wildman–Crippen MR) is 91.3 cm³/mol. The van der Waals surface area contributed by atoms with Crippen LogP contribution in [0, 0.1) is 0 Å². The standard InChI is InChI=1S/C18H18O10/c1-9(19)24-15-8-6-7-14(16(15)25-10(2)20)17(26-11(3)21)18(27-12(4)22)28-13(5)23/h6-8H,1-5H3. The van der Waals surface area contributed by atoms with Crippen LogP contribution in [0.3, 0.4) is 0 Å². The number of carbonyl (C=O) groups is 5. The van der Waals surface area contributed by atoms with Gasteiger partial charge in [-0.1, -0.05) is 6.07 Å². The van der Waals surface area contributed by atoms with Crippen LogP contribution in [0.1, 0.15) is 40.2 Å². The molecule has 10 heteroatoms. The summed E-state index contributed by atoms with van der Waals surface area (Å²) < 4.78 is 24.8. The SMILES string of the molecule is CC(=O)OC(OC(C)=O)=C(OC(C)=O)c1cccc(OC(C)=O)c1OC(C)=O. The van der Waals surface area contributed by atoms with Gasteiger partial charge in [0, 0.05) is 34.6 Å². The lowest BCUT2D eigenvalue weighted by molar-refractivity contribution is -0.152. The molecule has 0 amide bonds. The molecule has 0 aliphatic rings. The van der Waals surface area contributed by atoms with Crippen molar-refractivity contribution in [3.8, 4) is 11.5 Å². The van der Waals surface area contributed by atoms with Crippen LogP contribution in [0.25, 0.3) is 5.76 Å². The Morgan fingerprint density at radius 1 is 0.643 bits per heavy atom. The molecule has 10 nitrogen and oxygen atoms in total. The minimum Gasteiger partial charge on any atom is -0.423 e. The molecule has 0 aliphatic heterocycles. The topological polar surface area (TPSA) is 132 Å². The Bertz CT molecular complexity index is 832. The van der Waals surface area contributed by atoms with E-state index in [1.54, 1.807) is 0 Å². The third-order valence-electron chi connectivity index (χ3n) is 2.63. The summed E-state index contributed by atoms with van der Waals surface area (Å²) in [5, 5.41) is 0. The lowest BCUT2D eigenvalue weighted by Crippen LogP contribution is -2.14. The Kier molecular flexibility index (Phi) is 7.87. The first-order chi connectivity index (χ1) is 13.0. The molecular weight excluding hydrogens is 376 g/mol. The van der Waals surface area contributed by atoms with Crippen LogP contribution in [-0.2, 0) is 38.2 Å². The summed E-state index contributed by atoms with van der Waals surface area (Å²) in [5.74, 6) is -5.94. The fourth-order valence-corrected chi connectivity index (χ4v) is 1.90. The van der Waals surface area contributed by atoms with E-state index in [4.69, 9.17) is 23.7 Å². The summed E-state index contributed by atoms with van der Waals surface area (Å²) >= 11 is 0. The van der Waals surface area contributed by atoms with Gasteiger partial charge in [0.15, 0.2) is 11.5 Å². The highest BCUT2D eigenvalue weighted by Gasteiger charge is 2.27. The van der Waals surface area contributed by atoms with Crippen molar-refractivity contribution in [2.45, 2.75) is 34.6 Å². The quantitative estimate of drug-likeness (QED) is 0.400. The number of esters is 5. The maximum absolute atomic E-state index is 11.6. The summed E-state index contributed by atoms with van der Waals surface area (Å²) in [5.41, 5.74) is -0.151. The third kappa shape index (κ3) is 6.90. The Labute approximate surface area is 159 Å². The first-order valence-electron chi connectivity index (χ1n) is 7.81. The van der Waals surface area contributed by atoms with Crippen LogP contribution in [0.2, 0.25) is 0 Å². The van der Waals surface area contributed by atoms with Gasteiger partial charge in [0.05, 0.1) is 5.56 Å². The van der Waals surface area contributed by atoms with Gasteiger partial charge in [0.1, 0.15) is 0 Å². The van der Waals surface area contributed by atoms with Crippen molar-refractivity contribution in [2.24, 2.45) is 0 Å². The van der Waals surface area contributed by atoms with Gasteiger partial charge in [-0.2, -0.15) is 0 Å². The van der Waals surface area contributed by atoms with E-state index in [1.807, 2.05) is 0 Å². The minimum absolute atomic E-state index is 0.151. The highest BCUT2D eigenvalue weighted by Crippen LogP contribution is 2.38. The zero-order valence-corrected chi connectivity index (χ0v) is 15.8. The van der Waals surface area contributed by atoms with Crippen molar-refractivity contribution in [2.75, 3.05) is 0 Å². The summed E-state index contributed by atoms with van der Waals surface area (Å²) in [6.07, 6.45) is 0. The molecule has 0 fully saturated rings. The predicted octanol–water partition coefficient (Wildman–Crippen LogP) is 1.85. The molecule has 28 heavy (non-hydrogen) atoms. The van der Waals surface area contributed by atoms with E-state index in [0.29, 0.717) is 0 Å². The van der Waals surface area contributed by atoms with Crippen LogP contribution >= 0.6 is 0 Å². The molecule has 0 atom stereocenters. The van der Waals surface area contributed by atoms with Gasteiger partial charge in [-0.15, -0.1) is 0 Å². The molecule has 0 N–H and O–H groups in total. The van der Waals surface area contributed by atoms with Crippen molar-refractivity contribution < 1.29 is 47.7 Å². The summed E-state index contributed by atoms with van der Waals surface area (Å²) in [6.45, 7) is 5.30. The highest BCUT2D eigenvalue weighted by molar-refractivity contribution is 5.84. The van der Waals surface area contributed by atoms with E-state index in [0.717, 1.165) is 34.6 Å². The summed E-state index contributed by atoms with van der Waals surface area (Å²) in [6, 6.07) is 3.99. The van der Waals surface area contributed by atoms with Crippen molar-refractivity contribution in [3.05, 3.63) is 29.7 Å². The molecule has 1 aromatic carbocycles. The Morgan fingerprint density at radius 2 is 1.14 bits per heavy atom. The molecule has 0 bridgehead atoms. The van der Waals surface area contributed by atoms with E-state index in [1.165, 1.54) is 18.2 Å². The summed E-state index contributed by atoms with van der Waals surface area (Å²) in [7, 11) is 0. The zero-order chi connectivity index (χ0) is 21.4. The molecule has 0 spiro atoms. The van der Waals surface area contributed by atoms with E-state index < -0.39 is 41.6 Å². The van der Waals surface area contributed by atoms with Crippen molar-refractivity contribution >= 4 is 35.6 Å². The number of benzene rings is 1. The highest BCUT2D eigenvalue weighted by atomic mass is 16.7. The molecule has 0 aliphatic carbocycles. The maximum Gasteiger partial charge on any atom is 0.340 e. The second kappa shape index (κ2) is 9.86. The van der Waals surface area contributed by atoms with E-state index in [-0.39, 0.29) is 17.1 Å². The molecule has 150 valence electrons. The molecule has 1 aromatic rings. The van der Waals surface area contributed by atoms with Crippen LogP contribution in [0.4, 0.5) is 0 Å². The number of hydrogen-bond acceptors (Lipinski definition) is 10. The Balaban J connectivity index is 3.80. The molecular formula is C18H18O10. The fourth-order valence-electron chi connectivity index (χ4n) is 1.90. The zero-order valence-electron chi connectivity index (χ0n) is 15.8. The first-order valence-corrected chi connectivity index (χ1v) is 7.81. The van der Waals surface area contributed by atoms with Crippen molar-refractivity contribution in [1.29, 1.82) is 0 Å². The van der Waals surface area contributed by atoms with E-state index in [2.05, 4.69) is 0 Å². The van der Waals surface area contributed by atoms with Gasteiger partial charge in [-0.3, -0.25) is 24.0 Å². The van der Waals surface area contributed by atoms with Gasteiger partial charge in [-0.25, -0.2) is 0 Å².